The molecule has 0 saturated heterocycles. The lowest BCUT2D eigenvalue weighted by atomic mass is 9.96. The van der Waals surface area contributed by atoms with Crippen LogP contribution in [0.4, 0.5) is 10.1 Å². The number of rotatable bonds is 4. The van der Waals surface area contributed by atoms with E-state index < -0.39 is 11.4 Å². The van der Waals surface area contributed by atoms with Crippen LogP contribution in [-0.4, -0.2) is 11.4 Å². The van der Waals surface area contributed by atoms with Gasteiger partial charge in [0.05, 0.1) is 11.2 Å². The third-order valence-corrected chi connectivity index (χ3v) is 2.96. The number of amides is 1. The second-order valence-corrected chi connectivity index (χ2v) is 5.16. The van der Waals surface area contributed by atoms with Crippen LogP contribution in [0.1, 0.15) is 26.7 Å². The molecular formula is C12H17BrClFN2O. The summed E-state index contributed by atoms with van der Waals surface area (Å²) >= 11 is 3.15. The predicted molar refractivity (Wildman–Crippen MR) is 77.5 cm³/mol. The fourth-order valence-corrected chi connectivity index (χ4v) is 1.82. The molecule has 0 aliphatic heterocycles. The zero-order chi connectivity index (χ0) is 13.1. The molecule has 6 heteroatoms. The van der Waals surface area contributed by atoms with Crippen LogP contribution in [0, 0.1) is 5.82 Å². The molecule has 1 aromatic carbocycles. The quantitative estimate of drug-likeness (QED) is 0.882. The van der Waals surface area contributed by atoms with Gasteiger partial charge in [0, 0.05) is 4.47 Å². The van der Waals surface area contributed by atoms with Gasteiger partial charge in [-0.2, -0.15) is 0 Å². The van der Waals surface area contributed by atoms with Gasteiger partial charge in [-0.3, -0.25) is 4.79 Å². The molecule has 1 unspecified atom stereocenters. The lowest BCUT2D eigenvalue weighted by Crippen LogP contribution is -2.48. The van der Waals surface area contributed by atoms with Gasteiger partial charge < -0.3 is 11.1 Å². The molecule has 1 atom stereocenters. The molecule has 0 spiro atoms. The Balaban J connectivity index is 0.00000289. The van der Waals surface area contributed by atoms with Crippen LogP contribution in [-0.2, 0) is 4.79 Å². The van der Waals surface area contributed by atoms with Gasteiger partial charge in [0.2, 0.25) is 5.91 Å². The zero-order valence-electron chi connectivity index (χ0n) is 10.3. The molecule has 0 saturated carbocycles. The molecule has 3 nitrogen and oxygen atoms in total. The number of nitrogens with one attached hydrogen (secondary N) is 1. The van der Waals surface area contributed by atoms with E-state index in [0.717, 1.165) is 6.42 Å². The van der Waals surface area contributed by atoms with E-state index >= 15 is 0 Å². The smallest absolute Gasteiger partial charge is 0.244 e. The summed E-state index contributed by atoms with van der Waals surface area (Å²) in [6.07, 6.45) is 1.35. The van der Waals surface area contributed by atoms with E-state index in [0.29, 0.717) is 10.9 Å². The molecule has 0 heterocycles. The maximum absolute atomic E-state index is 13.5. The first-order valence-corrected chi connectivity index (χ1v) is 6.21. The van der Waals surface area contributed by atoms with Crippen molar-refractivity contribution in [2.75, 3.05) is 5.32 Å². The van der Waals surface area contributed by atoms with Crippen molar-refractivity contribution in [3.63, 3.8) is 0 Å². The first kappa shape index (κ1) is 17.4. The largest absolute Gasteiger partial charge is 0.322 e. The number of carbonyl (C=O) groups excluding carboxylic acids is 1. The number of benzene rings is 1. The van der Waals surface area contributed by atoms with Gasteiger partial charge in [-0.25, -0.2) is 4.39 Å². The summed E-state index contributed by atoms with van der Waals surface area (Å²) in [5.41, 5.74) is 5.02. The van der Waals surface area contributed by atoms with E-state index in [1.807, 2.05) is 6.92 Å². The van der Waals surface area contributed by atoms with Crippen LogP contribution in [0.5, 0.6) is 0 Å². The number of carbonyl (C=O) groups is 1. The first-order chi connectivity index (χ1) is 7.86. The Bertz CT molecular complexity index is 427. The molecule has 0 bridgehead atoms. The van der Waals surface area contributed by atoms with Crippen LogP contribution in [0.25, 0.3) is 0 Å². The highest BCUT2D eigenvalue weighted by Crippen LogP contribution is 2.21. The number of hydrogen-bond acceptors (Lipinski definition) is 2. The molecule has 0 fully saturated rings. The second kappa shape index (κ2) is 7.07. The molecular weight excluding hydrogens is 322 g/mol. The van der Waals surface area contributed by atoms with Crippen LogP contribution in [0.15, 0.2) is 22.7 Å². The fraction of sp³-hybridized carbons (Fsp3) is 0.417. The minimum absolute atomic E-state index is 0. The van der Waals surface area contributed by atoms with Gasteiger partial charge in [0.1, 0.15) is 5.82 Å². The van der Waals surface area contributed by atoms with Gasteiger partial charge in [-0.1, -0.05) is 29.3 Å². The summed E-state index contributed by atoms with van der Waals surface area (Å²) in [5, 5.41) is 2.50. The third-order valence-electron chi connectivity index (χ3n) is 2.47. The SMILES string of the molecule is CCCC(C)(N)C(=O)Nc1ccc(Br)cc1F.Cl. The lowest BCUT2D eigenvalue weighted by Gasteiger charge is -2.22. The lowest BCUT2D eigenvalue weighted by molar-refractivity contribution is -0.120. The van der Waals surface area contributed by atoms with Crippen LogP contribution < -0.4 is 11.1 Å². The summed E-state index contributed by atoms with van der Waals surface area (Å²) in [7, 11) is 0. The van der Waals surface area contributed by atoms with Crippen molar-refractivity contribution in [3.05, 3.63) is 28.5 Å². The monoisotopic (exact) mass is 338 g/mol. The van der Waals surface area contributed by atoms with Crippen molar-refractivity contribution in [1.82, 2.24) is 0 Å². The normalized spacial score (nSPS) is 13.4. The number of halogens is 3. The molecule has 3 N–H and O–H groups in total. The van der Waals surface area contributed by atoms with Gasteiger partial charge in [0.15, 0.2) is 0 Å². The number of hydrogen-bond donors (Lipinski definition) is 2. The summed E-state index contributed by atoms with van der Waals surface area (Å²) in [6.45, 7) is 3.58. The molecule has 18 heavy (non-hydrogen) atoms. The van der Waals surface area contributed by atoms with Crippen molar-refractivity contribution < 1.29 is 9.18 Å². The Labute approximate surface area is 121 Å². The first-order valence-electron chi connectivity index (χ1n) is 5.42. The Kier molecular flexibility index (Phi) is 6.81. The van der Waals surface area contributed by atoms with Crippen LogP contribution in [0.3, 0.4) is 0 Å². The Hall–Kier alpha value is -0.650. The van der Waals surface area contributed by atoms with Crippen molar-refractivity contribution in [3.8, 4) is 0 Å². The van der Waals surface area contributed by atoms with E-state index in [2.05, 4.69) is 21.2 Å². The summed E-state index contributed by atoms with van der Waals surface area (Å²) < 4.78 is 14.1. The maximum atomic E-state index is 13.5. The van der Waals surface area contributed by atoms with Gasteiger partial charge in [0.25, 0.3) is 0 Å². The summed E-state index contributed by atoms with van der Waals surface area (Å²) in [6, 6.07) is 4.45. The van der Waals surface area contributed by atoms with E-state index in [1.165, 1.54) is 12.1 Å². The average Bonchev–Trinajstić information content (AvgIpc) is 2.22. The molecule has 0 aliphatic carbocycles. The highest BCUT2D eigenvalue weighted by molar-refractivity contribution is 9.10. The number of nitrogens with two attached hydrogens (primary N) is 1. The molecule has 0 aliphatic rings. The van der Waals surface area contributed by atoms with Crippen molar-refractivity contribution in [2.24, 2.45) is 5.73 Å². The van der Waals surface area contributed by atoms with Crippen molar-refractivity contribution in [1.29, 1.82) is 0 Å². The van der Waals surface area contributed by atoms with E-state index in [4.69, 9.17) is 5.73 Å². The summed E-state index contributed by atoms with van der Waals surface area (Å²) in [4.78, 5) is 11.8. The summed E-state index contributed by atoms with van der Waals surface area (Å²) in [5.74, 6) is -0.861. The van der Waals surface area contributed by atoms with Gasteiger partial charge in [-0.15, -0.1) is 12.4 Å². The Morgan fingerprint density at radius 2 is 2.17 bits per heavy atom. The fourth-order valence-electron chi connectivity index (χ4n) is 1.49. The highest BCUT2D eigenvalue weighted by Gasteiger charge is 2.27. The molecule has 102 valence electrons. The maximum Gasteiger partial charge on any atom is 0.244 e. The van der Waals surface area contributed by atoms with Gasteiger partial charge >= 0.3 is 0 Å². The van der Waals surface area contributed by atoms with Crippen LogP contribution >= 0.6 is 28.3 Å². The minimum atomic E-state index is -0.978. The minimum Gasteiger partial charge on any atom is -0.322 e. The Morgan fingerprint density at radius 3 is 2.67 bits per heavy atom. The predicted octanol–water partition coefficient (Wildman–Crippen LogP) is 3.47. The standard InChI is InChI=1S/C12H16BrFN2O.ClH/c1-3-6-12(2,15)11(17)16-10-5-4-8(13)7-9(10)14;/h4-5,7H,3,6,15H2,1-2H3,(H,16,17);1H. The number of anilines is 1. The molecule has 1 amide bonds. The van der Waals surface area contributed by atoms with E-state index in [9.17, 15) is 9.18 Å². The van der Waals surface area contributed by atoms with E-state index in [1.54, 1.807) is 13.0 Å². The average molecular weight is 340 g/mol. The van der Waals surface area contributed by atoms with Crippen molar-refractivity contribution in [2.45, 2.75) is 32.2 Å². The second-order valence-electron chi connectivity index (χ2n) is 4.25. The zero-order valence-corrected chi connectivity index (χ0v) is 12.7. The molecule has 1 aromatic rings. The van der Waals surface area contributed by atoms with Crippen LogP contribution in [0.2, 0.25) is 0 Å². The Morgan fingerprint density at radius 1 is 1.56 bits per heavy atom. The third kappa shape index (κ3) is 4.55. The molecule has 1 rings (SSSR count). The van der Waals surface area contributed by atoms with Crippen molar-refractivity contribution >= 4 is 39.9 Å². The molecule has 0 radical (unpaired) electrons. The molecule has 0 aromatic heterocycles. The topological polar surface area (TPSA) is 55.1 Å². The van der Waals surface area contributed by atoms with E-state index in [-0.39, 0.29) is 24.0 Å². The van der Waals surface area contributed by atoms with Gasteiger partial charge in [-0.05, 0) is 31.5 Å². The highest BCUT2D eigenvalue weighted by atomic mass is 79.9.